The SMILES string of the molecule is C=CCP(=O)(CC=C)N=[N+]=[N-]. The maximum atomic E-state index is 11.5. The van der Waals surface area contributed by atoms with Gasteiger partial charge in [-0.15, -0.1) is 13.2 Å². The summed E-state index contributed by atoms with van der Waals surface area (Å²) in [4.78, 5) is 5.74. The summed E-state index contributed by atoms with van der Waals surface area (Å²) in [5.41, 5.74) is 8.07. The minimum atomic E-state index is -2.75. The zero-order chi connectivity index (χ0) is 8.74. The van der Waals surface area contributed by atoms with Crippen molar-refractivity contribution in [2.75, 3.05) is 12.3 Å². The molecule has 0 aliphatic carbocycles. The lowest BCUT2D eigenvalue weighted by atomic mass is 10.8. The van der Waals surface area contributed by atoms with Crippen molar-refractivity contribution in [1.82, 2.24) is 0 Å². The van der Waals surface area contributed by atoms with E-state index >= 15 is 0 Å². The molecule has 0 radical (unpaired) electrons. The predicted molar refractivity (Wildman–Crippen MR) is 46.9 cm³/mol. The van der Waals surface area contributed by atoms with Crippen LogP contribution in [0.15, 0.2) is 30.2 Å². The van der Waals surface area contributed by atoms with Crippen LogP contribution >= 0.6 is 7.29 Å². The van der Waals surface area contributed by atoms with Gasteiger partial charge in [0.25, 0.3) is 0 Å². The van der Waals surface area contributed by atoms with Crippen LogP contribution in [0, 0.1) is 0 Å². The molecule has 0 N–H and O–H groups in total. The summed E-state index contributed by atoms with van der Waals surface area (Å²) >= 11 is 0. The minimum absolute atomic E-state index is 0.239. The molecule has 5 heteroatoms. The maximum Gasteiger partial charge on any atom is 0.180 e. The summed E-state index contributed by atoms with van der Waals surface area (Å²) in [6.07, 6.45) is 3.45. The number of azide groups is 1. The van der Waals surface area contributed by atoms with Crippen LogP contribution in [0.25, 0.3) is 10.4 Å². The quantitative estimate of drug-likeness (QED) is 0.206. The summed E-state index contributed by atoms with van der Waals surface area (Å²) < 4.78 is 11.5. The molecule has 0 amide bonds. The molecular formula is C6H10N3OP. The Morgan fingerprint density at radius 1 is 1.45 bits per heavy atom. The second-order valence-corrected chi connectivity index (χ2v) is 4.57. The summed E-state index contributed by atoms with van der Waals surface area (Å²) in [5, 5.41) is 0. The minimum Gasteiger partial charge on any atom is -0.316 e. The summed E-state index contributed by atoms with van der Waals surface area (Å²) in [6, 6.07) is 0. The Morgan fingerprint density at radius 2 is 1.91 bits per heavy atom. The summed E-state index contributed by atoms with van der Waals surface area (Å²) in [6.45, 7) is 6.84. The number of hydrogen-bond acceptors (Lipinski definition) is 1. The second-order valence-electron chi connectivity index (χ2n) is 1.97. The molecule has 0 aromatic carbocycles. The highest BCUT2D eigenvalue weighted by Crippen LogP contribution is 2.47. The van der Waals surface area contributed by atoms with Crippen molar-refractivity contribution in [2.45, 2.75) is 0 Å². The molecule has 0 aromatic heterocycles. The van der Waals surface area contributed by atoms with E-state index in [1.54, 1.807) is 0 Å². The predicted octanol–water partition coefficient (Wildman–Crippen LogP) is 2.95. The zero-order valence-electron chi connectivity index (χ0n) is 6.18. The molecule has 0 unspecified atom stereocenters. The van der Waals surface area contributed by atoms with Gasteiger partial charge in [0.05, 0.1) is 0 Å². The molecule has 0 saturated heterocycles. The molecule has 0 aliphatic heterocycles. The third-order valence-electron chi connectivity index (χ3n) is 1.03. The lowest BCUT2D eigenvalue weighted by molar-refractivity contribution is 0.579. The Morgan fingerprint density at radius 3 is 2.18 bits per heavy atom. The molecule has 0 aliphatic rings. The Kier molecular flexibility index (Phi) is 4.35. The number of hydrogen-bond donors (Lipinski definition) is 0. The first-order valence-corrected chi connectivity index (χ1v) is 5.08. The van der Waals surface area contributed by atoms with Gasteiger partial charge in [-0.3, -0.25) is 0 Å². The average molecular weight is 171 g/mol. The summed E-state index contributed by atoms with van der Waals surface area (Å²) in [7, 11) is -2.75. The smallest absolute Gasteiger partial charge is 0.180 e. The van der Waals surface area contributed by atoms with Gasteiger partial charge < -0.3 is 4.57 Å². The molecule has 60 valence electrons. The largest absolute Gasteiger partial charge is 0.316 e. The lowest BCUT2D eigenvalue weighted by Gasteiger charge is -2.04. The van der Waals surface area contributed by atoms with Crippen LogP contribution in [-0.4, -0.2) is 12.3 Å². The van der Waals surface area contributed by atoms with Gasteiger partial charge in [0.1, 0.15) is 0 Å². The van der Waals surface area contributed by atoms with Gasteiger partial charge in [0.2, 0.25) is 0 Å². The van der Waals surface area contributed by atoms with Crippen molar-refractivity contribution in [3.05, 3.63) is 35.8 Å². The van der Waals surface area contributed by atoms with Gasteiger partial charge in [0.15, 0.2) is 7.29 Å². The second kappa shape index (κ2) is 4.78. The first kappa shape index (κ1) is 10.0. The number of nitrogens with zero attached hydrogens (tertiary/aromatic N) is 3. The van der Waals surface area contributed by atoms with E-state index in [-0.39, 0.29) is 12.3 Å². The van der Waals surface area contributed by atoms with E-state index < -0.39 is 7.29 Å². The van der Waals surface area contributed by atoms with Crippen LogP contribution in [0.4, 0.5) is 0 Å². The highest BCUT2D eigenvalue weighted by molar-refractivity contribution is 7.62. The van der Waals surface area contributed by atoms with Gasteiger partial charge >= 0.3 is 0 Å². The summed E-state index contributed by atoms with van der Waals surface area (Å²) in [5.74, 6) is 0. The highest BCUT2D eigenvalue weighted by Gasteiger charge is 2.15. The Bertz CT molecular complexity index is 228. The normalized spacial score (nSPS) is 9.82. The molecule has 0 atom stereocenters. The van der Waals surface area contributed by atoms with Gasteiger partial charge in [-0.1, -0.05) is 12.2 Å². The van der Waals surface area contributed by atoms with E-state index in [1.165, 1.54) is 12.2 Å². The number of allylic oxidation sites excluding steroid dienone is 2. The third-order valence-corrected chi connectivity index (χ3v) is 3.10. The Balaban J connectivity index is 4.49. The fraction of sp³-hybridized carbons (Fsp3) is 0.333. The van der Waals surface area contributed by atoms with Crippen LogP contribution in [0.3, 0.4) is 0 Å². The molecule has 0 fully saturated rings. The van der Waals surface area contributed by atoms with Crippen molar-refractivity contribution in [1.29, 1.82) is 0 Å². The fourth-order valence-corrected chi connectivity index (χ4v) is 1.87. The van der Waals surface area contributed by atoms with Crippen LogP contribution < -0.4 is 0 Å². The molecule has 4 nitrogen and oxygen atoms in total. The molecule has 0 spiro atoms. The van der Waals surface area contributed by atoms with E-state index in [9.17, 15) is 4.57 Å². The van der Waals surface area contributed by atoms with Gasteiger partial charge in [-0.25, -0.2) is 0 Å². The molecule has 0 aromatic rings. The molecule has 11 heavy (non-hydrogen) atoms. The van der Waals surface area contributed by atoms with Gasteiger partial charge in [0, 0.05) is 17.2 Å². The van der Waals surface area contributed by atoms with Crippen molar-refractivity contribution in [2.24, 2.45) is 4.88 Å². The van der Waals surface area contributed by atoms with E-state index in [1.807, 2.05) is 0 Å². The fourth-order valence-electron chi connectivity index (χ4n) is 0.624. The van der Waals surface area contributed by atoms with Crippen LogP contribution in [0.2, 0.25) is 0 Å². The van der Waals surface area contributed by atoms with Gasteiger partial charge in [-0.05, 0) is 10.4 Å². The number of rotatable bonds is 5. The Labute approximate surface area is 65.7 Å². The van der Waals surface area contributed by atoms with E-state index in [2.05, 4.69) is 23.0 Å². The first-order chi connectivity index (χ1) is 5.18. The van der Waals surface area contributed by atoms with Crippen LogP contribution in [0.1, 0.15) is 0 Å². The average Bonchev–Trinajstić information content (AvgIpc) is 1.88. The van der Waals surface area contributed by atoms with E-state index in [0.29, 0.717) is 0 Å². The topological polar surface area (TPSA) is 65.8 Å². The van der Waals surface area contributed by atoms with Crippen LogP contribution in [0.5, 0.6) is 0 Å². The lowest BCUT2D eigenvalue weighted by Crippen LogP contribution is -1.85. The Hall–Kier alpha value is -0.980. The van der Waals surface area contributed by atoms with Crippen LogP contribution in [-0.2, 0) is 4.57 Å². The van der Waals surface area contributed by atoms with Crippen molar-refractivity contribution in [3.8, 4) is 0 Å². The third kappa shape index (κ3) is 3.66. The molecular weight excluding hydrogens is 161 g/mol. The zero-order valence-corrected chi connectivity index (χ0v) is 7.07. The van der Waals surface area contributed by atoms with Crippen molar-refractivity contribution >= 4 is 7.29 Å². The van der Waals surface area contributed by atoms with E-state index in [0.717, 1.165) is 0 Å². The monoisotopic (exact) mass is 171 g/mol. The van der Waals surface area contributed by atoms with Gasteiger partial charge in [-0.2, -0.15) is 0 Å². The molecule has 0 bridgehead atoms. The first-order valence-electron chi connectivity index (χ1n) is 3.05. The maximum absolute atomic E-state index is 11.5. The molecule has 0 rings (SSSR count). The molecule has 0 saturated carbocycles. The van der Waals surface area contributed by atoms with Crippen molar-refractivity contribution < 1.29 is 4.57 Å². The van der Waals surface area contributed by atoms with E-state index in [4.69, 9.17) is 5.53 Å². The molecule has 0 heterocycles. The van der Waals surface area contributed by atoms with Crippen molar-refractivity contribution in [3.63, 3.8) is 0 Å². The standard InChI is InChI=1S/C6H10N3OP/c1-3-5-11(10,6-4-2)9-8-7/h3-4H,1-2,5-6H2. The highest BCUT2D eigenvalue weighted by atomic mass is 31.2.